The van der Waals surface area contributed by atoms with Gasteiger partial charge in [-0.25, -0.2) is 9.79 Å². The fourth-order valence-corrected chi connectivity index (χ4v) is 7.03. The van der Waals surface area contributed by atoms with Crippen molar-refractivity contribution in [1.29, 1.82) is 5.26 Å². The number of hydrogen-bond donors (Lipinski definition) is 0. The molecule has 0 bridgehead atoms. The molecule has 0 spiro atoms. The number of para-hydroxylation sites is 1. The lowest BCUT2D eigenvalue weighted by molar-refractivity contribution is -0.139. The number of allylic oxidation sites excluding steroid dienone is 1. The van der Waals surface area contributed by atoms with Crippen LogP contribution in [0.4, 0.5) is 0 Å². The van der Waals surface area contributed by atoms with Crippen molar-refractivity contribution >= 4 is 50.9 Å². The van der Waals surface area contributed by atoms with Gasteiger partial charge in [0.15, 0.2) is 4.80 Å². The molecule has 1 aliphatic rings. The van der Waals surface area contributed by atoms with Crippen LogP contribution in [0.5, 0.6) is 11.5 Å². The van der Waals surface area contributed by atoms with Crippen molar-refractivity contribution in [2.75, 3.05) is 6.61 Å². The molecule has 11 heteroatoms. The number of ether oxygens (including phenoxy) is 3. The standard InChI is InChI=1S/C34H29BrClN3O5S/c1-5-42-33(41)29-20(4)38-34-39(30(29)25-12-8-9-13-27(25)44-19(2)3)32(40)28(45-34)15-23-14-24(36)16-26(35)31(23)43-18-22-11-7-6-10-21(22)17-37/h6-16,19,30H,5,18H2,1-4H3/b28-15-/t30-/m0/s1. The first-order valence-corrected chi connectivity index (χ1v) is 16.2. The lowest BCUT2D eigenvalue weighted by atomic mass is 9.95. The highest BCUT2D eigenvalue weighted by atomic mass is 79.9. The van der Waals surface area contributed by atoms with Crippen molar-refractivity contribution in [2.24, 2.45) is 4.99 Å². The molecule has 1 aromatic heterocycles. The maximum absolute atomic E-state index is 14.3. The number of nitriles is 1. The normalized spacial score (nSPS) is 14.5. The first-order chi connectivity index (χ1) is 21.6. The van der Waals surface area contributed by atoms with E-state index in [9.17, 15) is 14.9 Å². The lowest BCUT2D eigenvalue weighted by Gasteiger charge is -2.26. The van der Waals surface area contributed by atoms with E-state index in [1.807, 2.05) is 50.2 Å². The number of esters is 1. The number of fused-ring (bicyclic) bond motifs is 1. The molecule has 0 unspecified atom stereocenters. The summed E-state index contributed by atoms with van der Waals surface area (Å²) in [6, 6.07) is 19.3. The fraction of sp³-hybridized carbons (Fsp3) is 0.235. The number of nitrogens with zero attached hydrogens (tertiary/aromatic N) is 3. The summed E-state index contributed by atoms with van der Waals surface area (Å²) >= 11 is 11.2. The van der Waals surface area contributed by atoms with E-state index in [1.165, 1.54) is 15.9 Å². The van der Waals surface area contributed by atoms with Gasteiger partial charge in [0, 0.05) is 21.7 Å². The van der Waals surface area contributed by atoms with Crippen LogP contribution in [0.1, 0.15) is 56.0 Å². The zero-order valence-corrected chi connectivity index (χ0v) is 28.1. The van der Waals surface area contributed by atoms with E-state index in [4.69, 9.17) is 25.8 Å². The maximum atomic E-state index is 14.3. The number of rotatable bonds is 9. The second-order valence-electron chi connectivity index (χ2n) is 10.4. The van der Waals surface area contributed by atoms with Gasteiger partial charge in [-0.1, -0.05) is 59.3 Å². The van der Waals surface area contributed by atoms with Gasteiger partial charge in [-0.05, 0) is 74.0 Å². The molecule has 5 rings (SSSR count). The molecule has 0 amide bonds. The van der Waals surface area contributed by atoms with Crippen LogP contribution in [0.3, 0.4) is 0 Å². The Morgan fingerprint density at radius 1 is 1.20 bits per heavy atom. The molecule has 0 saturated heterocycles. The SMILES string of the molecule is CCOC(=O)C1=C(C)N=c2s/c(=C\c3cc(Cl)cc(Br)c3OCc3ccccc3C#N)c(=O)n2[C@H]1c1ccccc1OC(C)C. The molecule has 45 heavy (non-hydrogen) atoms. The van der Waals surface area contributed by atoms with Crippen LogP contribution < -0.4 is 24.4 Å². The van der Waals surface area contributed by atoms with Crippen molar-refractivity contribution < 1.29 is 19.0 Å². The van der Waals surface area contributed by atoms with Gasteiger partial charge in [-0.15, -0.1) is 0 Å². The molecule has 4 aromatic rings. The smallest absolute Gasteiger partial charge is 0.338 e. The van der Waals surface area contributed by atoms with Crippen molar-refractivity contribution in [2.45, 2.75) is 46.4 Å². The molecule has 3 aromatic carbocycles. The van der Waals surface area contributed by atoms with Gasteiger partial charge in [0.05, 0.1) is 44.6 Å². The average Bonchev–Trinajstić information content (AvgIpc) is 3.30. The topological polar surface area (TPSA) is 103 Å². The van der Waals surface area contributed by atoms with E-state index >= 15 is 0 Å². The molecule has 1 atom stereocenters. The Morgan fingerprint density at radius 3 is 2.67 bits per heavy atom. The second kappa shape index (κ2) is 13.9. The number of benzene rings is 3. The molecule has 0 fully saturated rings. The predicted octanol–water partition coefficient (Wildman–Crippen LogP) is 6.45. The Hall–Kier alpha value is -4.17. The number of carbonyl (C=O) groups excluding carboxylic acids is 1. The summed E-state index contributed by atoms with van der Waals surface area (Å²) < 4.78 is 20.2. The Kier molecular flexibility index (Phi) is 9.93. The third kappa shape index (κ3) is 6.76. The van der Waals surface area contributed by atoms with Gasteiger partial charge in [-0.3, -0.25) is 9.36 Å². The number of carbonyl (C=O) groups is 1. The molecular formula is C34H29BrClN3O5S. The second-order valence-corrected chi connectivity index (χ2v) is 12.7. The summed E-state index contributed by atoms with van der Waals surface area (Å²) in [5.74, 6) is 0.453. The van der Waals surface area contributed by atoms with Gasteiger partial charge in [0.1, 0.15) is 24.1 Å². The van der Waals surface area contributed by atoms with Crippen LogP contribution >= 0.6 is 38.9 Å². The predicted molar refractivity (Wildman–Crippen MR) is 177 cm³/mol. The first-order valence-electron chi connectivity index (χ1n) is 14.2. The summed E-state index contributed by atoms with van der Waals surface area (Å²) in [6.07, 6.45) is 1.56. The summed E-state index contributed by atoms with van der Waals surface area (Å²) in [5, 5.41) is 9.94. The molecule has 0 N–H and O–H groups in total. The third-order valence-corrected chi connectivity index (χ3v) is 8.72. The van der Waals surface area contributed by atoms with Gasteiger partial charge >= 0.3 is 5.97 Å². The van der Waals surface area contributed by atoms with Gasteiger partial charge in [0.25, 0.3) is 5.56 Å². The van der Waals surface area contributed by atoms with Crippen LogP contribution in [-0.4, -0.2) is 23.2 Å². The summed E-state index contributed by atoms with van der Waals surface area (Å²) in [4.78, 5) is 32.7. The molecule has 0 saturated carbocycles. The van der Waals surface area contributed by atoms with Crippen LogP contribution in [0.2, 0.25) is 5.02 Å². The Balaban J connectivity index is 1.68. The highest BCUT2D eigenvalue weighted by Crippen LogP contribution is 2.37. The van der Waals surface area contributed by atoms with Gasteiger partial charge in [0.2, 0.25) is 0 Å². The highest BCUT2D eigenvalue weighted by molar-refractivity contribution is 9.10. The minimum atomic E-state index is -0.832. The Morgan fingerprint density at radius 2 is 1.93 bits per heavy atom. The quantitative estimate of drug-likeness (QED) is 0.186. The summed E-state index contributed by atoms with van der Waals surface area (Å²) in [6.45, 7) is 7.59. The van der Waals surface area contributed by atoms with E-state index in [-0.39, 0.29) is 30.5 Å². The van der Waals surface area contributed by atoms with E-state index in [2.05, 4.69) is 27.0 Å². The summed E-state index contributed by atoms with van der Waals surface area (Å²) in [7, 11) is 0. The van der Waals surface area contributed by atoms with Crippen molar-refractivity contribution in [3.63, 3.8) is 0 Å². The third-order valence-electron chi connectivity index (χ3n) is 6.93. The molecule has 8 nitrogen and oxygen atoms in total. The lowest BCUT2D eigenvalue weighted by Crippen LogP contribution is -2.40. The molecular weight excluding hydrogens is 678 g/mol. The molecule has 1 aliphatic heterocycles. The average molecular weight is 707 g/mol. The maximum Gasteiger partial charge on any atom is 0.338 e. The number of hydrogen-bond acceptors (Lipinski definition) is 8. The highest BCUT2D eigenvalue weighted by Gasteiger charge is 2.35. The Bertz CT molecular complexity index is 2040. The van der Waals surface area contributed by atoms with Crippen LogP contribution in [0, 0.1) is 11.3 Å². The minimum absolute atomic E-state index is 0.126. The van der Waals surface area contributed by atoms with E-state index in [0.717, 1.165) is 5.56 Å². The molecule has 0 radical (unpaired) electrons. The number of thiazole rings is 1. The van der Waals surface area contributed by atoms with Crippen molar-refractivity contribution in [3.8, 4) is 17.6 Å². The first kappa shape index (κ1) is 32.2. The zero-order valence-electron chi connectivity index (χ0n) is 25.0. The van der Waals surface area contributed by atoms with Gasteiger partial charge in [-0.2, -0.15) is 5.26 Å². The monoisotopic (exact) mass is 705 g/mol. The summed E-state index contributed by atoms with van der Waals surface area (Å²) in [5.41, 5.74) is 2.78. The van der Waals surface area contributed by atoms with Crippen molar-refractivity contribution in [3.05, 3.63) is 123 Å². The van der Waals surface area contributed by atoms with Gasteiger partial charge < -0.3 is 14.2 Å². The Labute approximate surface area is 277 Å². The van der Waals surface area contributed by atoms with E-state index in [0.29, 0.717) is 52.7 Å². The largest absolute Gasteiger partial charge is 0.491 e. The van der Waals surface area contributed by atoms with E-state index in [1.54, 1.807) is 44.2 Å². The fourth-order valence-electron chi connectivity index (χ4n) is 5.04. The van der Waals surface area contributed by atoms with Crippen LogP contribution in [0.15, 0.2) is 86.2 Å². The molecule has 0 aliphatic carbocycles. The minimum Gasteiger partial charge on any atom is -0.491 e. The van der Waals surface area contributed by atoms with E-state index < -0.39 is 12.0 Å². The zero-order chi connectivity index (χ0) is 32.2. The van der Waals surface area contributed by atoms with Crippen LogP contribution in [-0.2, 0) is 16.1 Å². The van der Waals surface area contributed by atoms with Crippen LogP contribution in [0.25, 0.3) is 6.08 Å². The number of halogens is 2. The number of aromatic nitrogens is 1. The van der Waals surface area contributed by atoms with Crippen molar-refractivity contribution in [1.82, 2.24) is 4.57 Å². The molecule has 2 heterocycles. The molecule has 230 valence electrons.